The quantitative estimate of drug-likeness (QED) is 0.357. The molecule has 1 aromatic heterocycles. The largest absolute Gasteiger partial charge is 0.507 e. The van der Waals surface area contributed by atoms with Crippen LogP contribution < -0.4 is 14.4 Å². The third kappa shape index (κ3) is 3.49. The molecule has 1 atom stereocenters. The van der Waals surface area contributed by atoms with Gasteiger partial charge in [0.25, 0.3) is 11.7 Å². The second kappa shape index (κ2) is 8.57. The van der Waals surface area contributed by atoms with Gasteiger partial charge in [-0.15, -0.1) is 11.3 Å². The molecular weight excluding hydrogens is 428 g/mol. The van der Waals surface area contributed by atoms with E-state index in [0.29, 0.717) is 27.6 Å². The lowest BCUT2D eigenvalue weighted by Crippen LogP contribution is -2.29. The van der Waals surface area contributed by atoms with E-state index >= 15 is 0 Å². The number of aliphatic hydroxyl groups excluding tert-OH is 1. The average Bonchev–Trinajstić information content (AvgIpc) is 3.45. The van der Waals surface area contributed by atoms with E-state index in [1.54, 1.807) is 48.5 Å². The molecule has 1 amide bonds. The molecule has 160 valence electrons. The van der Waals surface area contributed by atoms with E-state index in [4.69, 9.17) is 14.7 Å². The number of anilines is 1. The van der Waals surface area contributed by atoms with Gasteiger partial charge < -0.3 is 14.6 Å². The first-order chi connectivity index (χ1) is 15.5. The van der Waals surface area contributed by atoms with Crippen molar-refractivity contribution in [2.24, 2.45) is 0 Å². The Morgan fingerprint density at radius 2 is 1.84 bits per heavy atom. The Morgan fingerprint density at radius 3 is 2.44 bits per heavy atom. The van der Waals surface area contributed by atoms with Crippen molar-refractivity contribution in [2.45, 2.75) is 6.04 Å². The number of hydrogen-bond acceptors (Lipinski definition) is 7. The maximum absolute atomic E-state index is 13.2. The fourth-order valence-corrected chi connectivity index (χ4v) is 4.48. The van der Waals surface area contributed by atoms with Crippen LogP contribution in [0.25, 0.3) is 5.76 Å². The molecule has 4 rings (SSSR count). The molecule has 1 saturated heterocycles. The van der Waals surface area contributed by atoms with Crippen LogP contribution in [-0.2, 0) is 9.59 Å². The van der Waals surface area contributed by atoms with Crippen LogP contribution in [0.2, 0.25) is 0 Å². The molecule has 32 heavy (non-hydrogen) atoms. The SMILES string of the molecule is COc1ccc(OC)c(/C(O)=C2/C(=O)C(=O)N(c3ccc(C#N)cc3)C2c2cccs2)c1. The molecule has 7 nitrogen and oxygen atoms in total. The summed E-state index contributed by atoms with van der Waals surface area (Å²) in [5.41, 5.74) is 1.07. The van der Waals surface area contributed by atoms with Crippen LogP contribution in [0, 0.1) is 11.3 Å². The molecular formula is C24H18N2O5S. The van der Waals surface area contributed by atoms with Crippen molar-refractivity contribution in [3.63, 3.8) is 0 Å². The fraction of sp³-hybridized carbons (Fsp3) is 0.125. The van der Waals surface area contributed by atoms with Crippen molar-refractivity contribution in [3.8, 4) is 17.6 Å². The first-order valence-corrected chi connectivity index (χ1v) is 10.4. The zero-order valence-electron chi connectivity index (χ0n) is 17.2. The van der Waals surface area contributed by atoms with Gasteiger partial charge in [-0.1, -0.05) is 6.07 Å². The van der Waals surface area contributed by atoms with Crippen LogP contribution in [0.3, 0.4) is 0 Å². The number of ketones is 1. The highest BCUT2D eigenvalue weighted by Gasteiger charge is 2.47. The van der Waals surface area contributed by atoms with Gasteiger partial charge in [-0.25, -0.2) is 0 Å². The topological polar surface area (TPSA) is 99.9 Å². The van der Waals surface area contributed by atoms with Gasteiger partial charge in [-0.2, -0.15) is 5.26 Å². The third-order valence-electron chi connectivity index (χ3n) is 5.19. The molecule has 1 aliphatic heterocycles. The average molecular weight is 446 g/mol. The Labute approximate surface area is 188 Å². The van der Waals surface area contributed by atoms with Gasteiger partial charge in [0, 0.05) is 10.6 Å². The van der Waals surface area contributed by atoms with Gasteiger partial charge in [-0.05, 0) is 53.9 Å². The molecule has 3 aromatic rings. The van der Waals surface area contributed by atoms with E-state index in [1.165, 1.54) is 30.5 Å². The number of aliphatic hydroxyl groups is 1. The van der Waals surface area contributed by atoms with Gasteiger partial charge in [0.05, 0.1) is 37.0 Å². The second-order valence-electron chi connectivity index (χ2n) is 6.91. The monoisotopic (exact) mass is 446 g/mol. The molecule has 1 N–H and O–H groups in total. The van der Waals surface area contributed by atoms with E-state index in [0.717, 1.165) is 0 Å². The number of carbonyl (C=O) groups is 2. The maximum atomic E-state index is 13.2. The lowest BCUT2D eigenvalue weighted by Gasteiger charge is -2.24. The van der Waals surface area contributed by atoms with E-state index in [1.807, 2.05) is 17.5 Å². The second-order valence-corrected chi connectivity index (χ2v) is 7.89. The molecule has 1 aliphatic rings. The van der Waals surface area contributed by atoms with E-state index in [9.17, 15) is 14.7 Å². The van der Waals surface area contributed by atoms with Gasteiger partial charge in [0.1, 0.15) is 23.3 Å². The van der Waals surface area contributed by atoms with E-state index in [-0.39, 0.29) is 16.9 Å². The highest BCUT2D eigenvalue weighted by Crippen LogP contribution is 2.44. The van der Waals surface area contributed by atoms with Crippen LogP contribution in [0.5, 0.6) is 11.5 Å². The van der Waals surface area contributed by atoms with E-state index in [2.05, 4.69) is 0 Å². The summed E-state index contributed by atoms with van der Waals surface area (Å²) in [6.07, 6.45) is 0. The summed E-state index contributed by atoms with van der Waals surface area (Å²) in [4.78, 5) is 28.3. The highest BCUT2D eigenvalue weighted by atomic mass is 32.1. The maximum Gasteiger partial charge on any atom is 0.300 e. The molecule has 8 heteroatoms. The molecule has 1 fully saturated rings. The lowest BCUT2D eigenvalue weighted by atomic mass is 9.99. The Morgan fingerprint density at radius 1 is 1.09 bits per heavy atom. The zero-order valence-corrected chi connectivity index (χ0v) is 18.1. The summed E-state index contributed by atoms with van der Waals surface area (Å²) in [6, 6.07) is 16.0. The smallest absolute Gasteiger partial charge is 0.300 e. The van der Waals surface area contributed by atoms with E-state index < -0.39 is 17.7 Å². The predicted molar refractivity (Wildman–Crippen MR) is 120 cm³/mol. The number of benzene rings is 2. The summed E-state index contributed by atoms with van der Waals surface area (Å²) >= 11 is 1.36. The van der Waals surface area contributed by atoms with Crippen LogP contribution in [0.15, 0.2) is 65.6 Å². The van der Waals surface area contributed by atoms with Crippen molar-refractivity contribution in [2.75, 3.05) is 19.1 Å². The van der Waals surface area contributed by atoms with Gasteiger partial charge in [0.2, 0.25) is 0 Å². The van der Waals surface area contributed by atoms with Gasteiger partial charge in [0.15, 0.2) is 0 Å². The molecule has 2 heterocycles. The van der Waals surface area contributed by atoms with Crippen molar-refractivity contribution >= 4 is 34.5 Å². The summed E-state index contributed by atoms with van der Waals surface area (Å²) in [5, 5.41) is 22.2. The normalized spacial score (nSPS) is 17.3. The zero-order chi connectivity index (χ0) is 22.8. The van der Waals surface area contributed by atoms with Crippen LogP contribution >= 0.6 is 11.3 Å². The number of nitriles is 1. The molecule has 0 bridgehead atoms. The van der Waals surface area contributed by atoms with Crippen LogP contribution in [0.4, 0.5) is 5.69 Å². The Hall–Kier alpha value is -4.09. The number of carbonyl (C=O) groups excluding carboxylic acids is 2. The summed E-state index contributed by atoms with van der Waals surface area (Å²) in [6.45, 7) is 0. The summed E-state index contributed by atoms with van der Waals surface area (Å²) < 4.78 is 10.6. The molecule has 0 aliphatic carbocycles. The first-order valence-electron chi connectivity index (χ1n) is 9.57. The van der Waals surface area contributed by atoms with Gasteiger partial charge >= 0.3 is 0 Å². The van der Waals surface area contributed by atoms with Crippen molar-refractivity contribution in [3.05, 3.63) is 81.6 Å². The number of rotatable bonds is 5. The number of ether oxygens (including phenoxy) is 2. The standard InChI is InChI=1S/C24H18N2O5S/c1-30-16-9-10-18(31-2)17(12-16)22(27)20-21(19-4-3-11-32-19)26(24(29)23(20)28)15-7-5-14(13-25)6-8-15/h3-12,21,27H,1-2H3/b22-20-. The number of methoxy groups -OCH3 is 2. The molecule has 2 aromatic carbocycles. The molecule has 0 saturated carbocycles. The minimum atomic E-state index is -0.834. The third-order valence-corrected chi connectivity index (χ3v) is 6.12. The minimum absolute atomic E-state index is 0.0478. The number of nitrogens with zero attached hydrogens (tertiary/aromatic N) is 2. The molecule has 0 spiro atoms. The Kier molecular flexibility index (Phi) is 5.67. The highest BCUT2D eigenvalue weighted by molar-refractivity contribution is 7.10. The summed E-state index contributed by atoms with van der Waals surface area (Å²) in [7, 11) is 2.94. The van der Waals surface area contributed by atoms with Crippen molar-refractivity contribution in [1.82, 2.24) is 0 Å². The Balaban J connectivity index is 1.94. The number of hydrogen-bond donors (Lipinski definition) is 1. The molecule has 0 radical (unpaired) electrons. The fourth-order valence-electron chi connectivity index (χ4n) is 3.66. The van der Waals surface area contributed by atoms with Crippen molar-refractivity contribution < 1.29 is 24.2 Å². The van der Waals surface area contributed by atoms with Crippen molar-refractivity contribution in [1.29, 1.82) is 5.26 Å². The van der Waals surface area contributed by atoms with Gasteiger partial charge in [-0.3, -0.25) is 14.5 Å². The number of amides is 1. The molecule has 1 unspecified atom stereocenters. The van der Waals surface area contributed by atoms with Crippen LogP contribution in [0.1, 0.15) is 22.0 Å². The minimum Gasteiger partial charge on any atom is -0.507 e. The number of Topliss-reactive ketones (excluding diaryl/α,β-unsaturated/α-hetero) is 1. The summed E-state index contributed by atoms with van der Waals surface area (Å²) in [5.74, 6) is -1.14. The predicted octanol–water partition coefficient (Wildman–Crippen LogP) is 4.26. The first kappa shape index (κ1) is 21.2. The van der Waals surface area contributed by atoms with Crippen LogP contribution in [-0.4, -0.2) is 31.0 Å². The Bertz CT molecular complexity index is 1260. The lowest BCUT2D eigenvalue weighted by molar-refractivity contribution is -0.132. The number of thiophene rings is 1.